The molecule has 0 saturated heterocycles. The molecule has 4 nitrogen and oxygen atoms in total. The van der Waals surface area contributed by atoms with Crippen LogP contribution in [0, 0.1) is 5.92 Å². The molecule has 0 aromatic heterocycles. The molecule has 0 aliphatic carbocycles. The Morgan fingerprint density at radius 3 is 2.45 bits per heavy atom. The van der Waals surface area contributed by atoms with E-state index in [0.717, 1.165) is 0 Å². The average Bonchev–Trinajstić information content (AvgIpc) is 2.00. The number of phosphoric acid groups is 1. The molecule has 0 N–H and O–H groups in total. The van der Waals surface area contributed by atoms with Crippen molar-refractivity contribution < 1.29 is 16.8 Å². The molecule has 0 bridgehead atoms. The van der Waals surface area contributed by atoms with Crippen LogP contribution in [-0.4, -0.2) is 6.61 Å². The van der Waals surface area contributed by atoms with E-state index in [1.807, 2.05) is 13.8 Å². The summed E-state index contributed by atoms with van der Waals surface area (Å²) in [6, 6.07) is 0. The van der Waals surface area contributed by atoms with Gasteiger partial charge in [0.1, 0.15) is 16.3 Å². The third kappa shape index (κ3) is 5.17. The van der Waals surface area contributed by atoms with Crippen LogP contribution in [0.4, 0.5) is 0 Å². The van der Waals surface area contributed by atoms with E-state index in [9.17, 15) is 4.57 Å². The first-order valence-corrected chi connectivity index (χ1v) is 5.31. The predicted octanol–water partition coefficient (Wildman–Crippen LogP) is 3.26. The Morgan fingerprint density at radius 1 is 1.64 bits per heavy atom. The van der Waals surface area contributed by atoms with Gasteiger partial charge in [-0.3, -0.25) is 4.52 Å². The summed E-state index contributed by atoms with van der Waals surface area (Å²) < 4.78 is 23.9. The first-order valence-electron chi connectivity index (χ1n) is 2.89. The van der Waals surface area contributed by atoms with Crippen LogP contribution < -0.4 is 0 Å². The van der Waals surface area contributed by atoms with Gasteiger partial charge in [0.2, 0.25) is 0 Å². The van der Waals surface area contributed by atoms with Crippen molar-refractivity contribution in [1.82, 2.24) is 0 Å². The lowest BCUT2D eigenvalue weighted by Crippen LogP contribution is -2.00. The van der Waals surface area contributed by atoms with Gasteiger partial charge in [0.05, 0.1) is 18.5 Å². The van der Waals surface area contributed by atoms with Crippen molar-refractivity contribution in [3.05, 3.63) is 0 Å². The molecule has 0 amide bonds. The van der Waals surface area contributed by atoms with Crippen LogP contribution in [0.2, 0.25) is 0 Å². The summed E-state index contributed by atoms with van der Waals surface area (Å²) in [7, 11) is -3.55. The Kier molecular flexibility index (Phi) is 5.95. The summed E-state index contributed by atoms with van der Waals surface area (Å²) in [6.07, 6.45) is 0. The number of halogens is 2. The van der Waals surface area contributed by atoms with Gasteiger partial charge in [-0.25, -0.2) is 8.18 Å². The van der Waals surface area contributed by atoms with Crippen molar-refractivity contribution in [2.45, 2.75) is 13.8 Å². The van der Waals surface area contributed by atoms with Gasteiger partial charge in [-0.15, -0.1) is 0 Å². The van der Waals surface area contributed by atoms with Crippen LogP contribution in [0.5, 0.6) is 0 Å². The van der Waals surface area contributed by atoms with E-state index in [-0.39, 0.29) is 12.5 Å². The second kappa shape index (κ2) is 5.51. The van der Waals surface area contributed by atoms with Gasteiger partial charge < -0.3 is 0 Å². The lowest BCUT2D eigenvalue weighted by molar-refractivity contribution is 0.202. The van der Waals surface area contributed by atoms with Crippen molar-refractivity contribution in [2.24, 2.45) is 5.92 Å². The van der Waals surface area contributed by atoms with Crippen molar-refractivity contribution in [3.63, 3.8) is 0 Å². The lowest BCUT2D eigenvalue weighted by Gasteiger charge is -2.10. The second-order valence-corrected chi connectivity index (χ2v) is 4.99. The molecule has 1 atom stereocenters. The normalized spacial score (nSPS) is 16.8. The zero-order valence-corrected chi connectivity index (χ0v) is 9.36. The molecule has 0 aromatic rings. The summed E-state index contributed by atoms with van der Waals surface area (Å²) in [6.45, 7) is 4.05. The maximum Gasteiger partial charge on any atom is 0.502 e. The Labute approximate surface area is 79.4 Å². The van der Waals surface area contributed by atoms with Gasteiger partial charge >= 0.3 is 7.82 Å². The Hall–Kier alpha value is 0.880. The summed E-state index contributed by atoms with van der Waals surface area (Å²) >= 11 is 7.33. The quantitative estimate of drug-likeness (QED) is 0.717. The minimum Gasteiger partial charge on any atom is -0.285 e. The van der Waals surface area contributed by atoms with Gasteiger partial charge in [0.25, 0.3) is 0 Å². The van der Waals surface area contributed by atoms with Crippen molar-refractivity contribution >= 4 is 35.9 Å². The van der Waals surface area contributed by atoms with Crippen LogP contribution in [-0.2, 0) is 16.8 Å². The monoisotopic (exact) mass is 266 g/mol. The molecule has 0 heterocycles. The van der Waals surface area contributed by atoms with Gasteiger partial charge in [0.15, 0.2) is 0 Å². The Morgan fingerprint density at radius 2 is 2.18 bits per heavy atom. The van der Waals surface area contributed by atoms with E-state index in [4.69, 9.17) is 16.4 Å². The van der Waals surface area contributed by atoms with Gasteiger partial charge in [-0.05, 0) is 5.92 Å². The SMILES string of the molecule is CC(C)COP(=O)(OCl)OBr. The average molecular weight is 267 g/mol. The number of hydrogen-bond acceptors (Lipinski definition) is 4. The number of rotatable bonds is 5. The fraction of sp³-hybridized carbons (Fsp3) is 1.00. The highest BCUT2D eigenvalue weighted by molar-refractivity contribution is 9.06. The largest absolute Gasteiger partial charge is 0.502 e. The summed E-state index contributed by atoms with van der Waals surface area (Å²) in [4.78, 5) is 0. The molecule has 0 spiro atoms. The van der Waals surface area contributed by atoms with Crippen LogP contribution >= 0.6 is 35.9 Å². The van der Waals surface area contributed by atoms with E-state index in [2.05, 4.69) is 23.9 Å². The molecule has 68 valence electrons. The van der Waals surface area contributed by atoms with E-state index < -0.39 is 7.82 Å². The van der Waals surface area contributed by atoms with Crippen LogP contribution in [0.15, 0.2) is 0 Å². The topological polar surface area (TPSA) is 44.8 Å². The molecule has 0 aliphatic rings. The highest BCUT2D eigenvalue weighted by atomic mass is 79.9. The van der Waals surface area contributed by atoms with Crippen molar-refractivity contribution in [1.29, 1.82) is 0 Å². The Balaban J connectivity index is 3.79. The fourth-order valence-electron chi connectivity index (χ4n) is 0.291. The summed E-state index contributed by atoms with van der Waals surface area (Å²) in [5.41, 5.74) is 0. The molecular formula is C4H9BrClO4P. The second-order valence-electron chi connectivity index (χ2n) is 2.27. The molecule has 1 unspecified atom stereocenters. The zero-order valence-electron chi connectivity index (χ0n) is 6.12. The molecule has 0 aliphatic heterocycles. The zero-order chi connectivity index (χ0) is 8.91. The first-order chi connectivity index (χ1) is 5.04. The third-order valence-electron chi connectivity index (χ3n) is 0.735. The highest BCUT2D eigenvalue weighted by Gasteiger charge is 2.26. The first kappa shape index (κ1) is 11.9. The molecule has 0 aromatic carbocycles. The van der Waals surface area contributed by atoms with E-state index >= 15 is 0 Å². The van der Waals surface area contributed by atoms with E-state index in [1.165, 1.54) is 0 Å². The van der Waals surface area contributed by atoms with Crippen LogP contribution in [0.3, 0.4) is 0 Å². The predicted molar refractivity (Wildman–Crippen MR) is 45.3 cm³/mol. The molecular weight excluding hydrogens is 258 g/mol. The van der Waals surface area contributed by atoms with Crippen molar-refractivity contribution in [3.8, 4) is 0 Å². The summed E-state index contributed by atoms with van der Waals surface area (Å²) in [5, 5.41) is 0. The minimum absolute atomic E-state index is 0.234. The highest BCUT2D eigenvalue weighted by Crippen LogP contribution is 2.52. The van der Waals surface area contributed by atoms with E-state index in [1.54, 1.807) is 0 Å². The standard InChI is InChI=1S/C4H9BrClO4P/c1-4(2)3-8-11(7,9-5)10-6/h4H,3H2,1-2H3. The number of hydrogen-bond donors (Lipinski definition) is 0. The molecule has 0 saturated carbocycles. The Bertz CT molecular complexity index is 145. The van der Waals surface area contributed by atoms with Gasteiger partial charge in [-0.1, -0.05) is 13.8 Å². The van der Waals surface area contributed by atoms with Gasteiger partial charge in [-0.2, -0.15) is 4.08 Å². The molecule has 0 fully saturated rings. The van der Waals surface area contributed by atoms with Gasteiger partial charge in [0, 0.05) is 0 Å². The smallest absolute Gasteiger partial charge is 0.285 e. The van der Waals surface area contributed by atoms with E-state index in [0.29, 0.717) is 0 Å². The minimum atomic E-state index is -3.55. The third-order valence-corrected chi connectivity index (χ3v) is 3.11. The lowest BCUT2D eigenvalue weighted by atomic mass is 10.2. The molecule has 0 radical (unpaired) electrons. The van der Waals surface area contributed by atoms with Crippen LogP contribution in [0.25, 0.3) is 0 Å². The fourth-order valence-corrected chi connectivity index (χ4v) is 1.71. The molecule has 0 rings (SSSR count). The van der Waals surface area contributed by atoms with Crippen molar-refractivity contribution in [2.75, 3.05) is 6.61 Å². The van der Waals surface area contributed by atoms with Crippen LogP contribution in [0.1, 0.15) is 13.8 Å². The maximum atomic E-state index is 11.0. The molecule has 11 heavy (non-hydrogen) atoms. The molecule has 7 heteroatoms. The maximum absolute atomic E-state index is 11.0. The summed E-state index contributed by atoms with van der Waals surface area (Å²) in [5.74, 6) is 0.234.